The summed E-state index contributed by atoms with van der Waals surface area (Å²) in [6.45, 7) is 6.91. The van der Waals surface area contributed by atoms with Crippen molar-refractivity contribution in [2.45, 2.75) is 20.4 Å². The third-order valence-electron chi connectivity index (χ3n) is 2.49. The SMILES string of the molecule is CCN(CC)Cc1cccc(NS(N)(=O)=O)c1. The lowest BCUT2D eigenvalue weighted by Gasteiger charge is -2.18. The molecule has 0 amide bonds. The zero-order valence-corrected chi connectivity index (χ0v) is 11.0. The second kappa shape index (κ2) is 6.00. The number of hydrogen-bond acceptors (Lipinski definition) is 3. The molecule has 0 radical (unpaired) electrons. The number of nitrogens with zero attached hydrogens (tertiary/aromatic N) is 1. The molecule has 0 atom stereocenters. The summed E-state index contributed by atoms with van der Waals surface area (Å²) in [5.41, 5.74) is 1.56. The van der Waals surface area contributed by atoms with Crippen LogP contribution in [-0.2, 0) is 16.8 Å². The van der Waals surface area contributed by atoms with E-state index in [0.717, 1.165) is 25.2 Å². The Morgan fingerprint density at radius 1 is 1.29 bits per heavy atom. The van der Waals surface area contributed by atoms with E-state index in [9.17, 15) is 8.42 Å². The predicted molar refractivity (Wildman–Crippen MR) is 69.8 cm³/mol. The van der Waals surface area contributed by atoms with Gasteiger partial charge < -0.3 is 0 Å². The molecule has 0 unspecified atom stereocenters. The zero-order valence-electron chi connectivity index (χ0n) is 10.2. The summed E-state index contributed by atoms with van der Waals surface area (Å²) in [7, 11) is -3.70. The van der Waals surface area contributed by atoms with Gasteiger partial charge in [-0.2, -0.15) is 8.42 Å². The standard InChI is InChI=1S/C11H19N3O2S/c1-3-14(4-2)9-10-6-5-7-11(8-10)13-17(12,15)16/h5-8,13H,3-4,9H2,1-2H3,(H2,12,15,16). The smallest absolute Gasteiger partial charge is 0.296 e. The first-order valence-corrected chi connectivity index (χ1v) is 7.11. The average molecular weight is 257 g/mol. The second-order valence-electron chi connectivity index (χ2n) is 3.81. The Labute approximate surface area is 103 Å². The number of rotatable bonds is 6. The maximum absolute atomic E-state index is 10.9. The van der Waals surface area contributed by atoms with Gasteiger partial charge in [-0.3, -0.25) is 9.62 Å². The number of benzene rings is 1. The molecule has 0 bridgehead atoms. The second-order valence-corrected chi connectivity index (χ2v) is 5.10. The highest BCUT2D eigenvalue weighted by atomic mass is 32.2. The van der Waals surface area contributed by atoms with Crippen LogP contribution in [0.4, 0.5) is 5.69 Å². The van der Waals surface area contributed by atoms with Crippen LogP contribution in [0.2, 0.25) is 0 Å². The van der Waals surface area contributed by atoms with Gasteiger partial charge in [-0.15, -0.1) is 0 Å². The maximum Gasteiger partial charge on any atom is 0.296 e. The van der Waals surface area contributed by atoms with Crippen LogP contribution in [0.25, 0.3) is 0 Å². The van der Waals surface area contributed by atoms with Crippen molar-refractivity contribution in [3.05, 3.63) is 29.8 Å². The Bertz CT molecular complexity index is 456. The van der Waals surface area contributed by atoms with E-state index in [2.05, 4.69) is 23.5 Å². The van der Waals surface area contributed by atoms with Crippen LogP contribution >= 0.6 is 0 Å². The molecule has 1 aromatic carbocycles. The van der Waals surface area contributed by atoms with Gasteiger partial charge in [-0.1, -0.05) is 26.0 Å². The number of nitrogens with one attached hydrogen (secondary N) is 1. The summed E-state index contributed by atoms with van der Waals surface area (Å²) in [6.07, 6.45) is 0. The van der Waals surface area contributed by atoms with Crippen LogP contribution in [0.3, 0.4) is 0 Å². The summed E-state index contributed by atoms with van der Waals surface area (Å²) >= 11 is 0. The van der Waals surface area contributed by atoms with Crippen molar-refractivity contribution >= 4 is 15.9 Å². The molecule has 6 heteroatoms. The van der Waals surface area contributed by atoms with E-state index in [-0.39, 0.29) is 0 Å². The first kappa shape index (κ1) is 14.0. The average Bonchev–Trinajstić information content (AvgIpc) is 2.24. The molecule has 3 N–H and O–H groups in total. The molecule has 0 spiro atoms. The van der Waals surface area contributed by atoms with Crippen LogP contribution < -0.4 is 9.86 Å². The highest BCUT2D eigenvalue weighted by Gasteiger charge is 2.05. The van der Waals surface area contributed by atoms with Gasteiger partial charge in [-0.25, -0.2) is 5.14 Å². The van der Waals surface area contributed by atoms with Crippen molar-refractivity contribution < 1.29 is 8.42 Å². The van der Waals surface area contributed by atoms with Crippen LogP contribution in [0.5, 0.6) is 0 Å². The normalized spacial score (nSPS) is 11.8. The summed E-state index contributed by atoms with van der Waals surface area (Å²) in [4.78, 5) is 2.25. The van der Waals surface area contributed by atoms with Gasteiger partial charge in [0.15, 0.2) is 0 Å². The maximum atomic E-state index is 10.9. The largest absolute Gasteiger partial charge is 0.300 e. The zero-order chi connectivity index (χ0) is 12.9. The highest BCUT2D eigenvalue weighted by Crippen LogP contribution is 2.13. The molecule has 0 aliphatic carbocycles. The fourth-order valence-corrected chi connectivity index (χ4v) is 2.06. The lowest BCUT2D eigenvalue weighted by Crippen LogP contribution is -2.23. The molecule has 0 aliphatic rings. The van der Waals surface area contributed by atoms with Crippen LogP contribution in [-0.4, -0.2) is 26.4 Å². The predicted octanol–water partition coefficient (Wildman–Crippen LogP) is 1.14. The van der Waals surface area contributed by atoms with Gasteiger partial charge >= 0.3 is 0 Å². The molecule has 1 aromatic rings. The Hall–Kier alpha value is -1.11. The Morgan fingerprint density at radius 2 is 1.94 bits per heavy atom. The molecule has 96 valence electrons. The van der Waals surface area contributed by atoms with Crippen LogP contribution in [0.1, 0.15) is 19.4 Å². The van der Waals surface area contributed by atoms with Gasteiger partial charge in [0.1, 0.15) is 0 Å². The number of anilines is 1. The Balaban J connectivity index is 2.79. The van der Waals surface area contributed by atoms with Gasteiger partial charge in [0.25, 0.3) is 10.2 Å². The topological polar surface area (TPSA) is 75.4 Å². The number of hydrogen-bond donors (Lipinski definition) is 2. The van der Waals surface area contributed by atoms with Crippen molar-refractivity contribution in [2.24, 2.45) is 5.14 Å². The summed E-state index contributed by atoms with van der Waals surface area (Å²) < 4.78 is 24.1. The molecule has 5 nitrogen and oxygen atoms in total. The van der Waals surface area contributed by atoms with E-state index in [1.165, 1.54) is 0 Å². The molecule has 17 heavy (non-hydrogen) atoms. The van der Waals surface area contributed by atoms with Gasteiger partial charge in [0.05, 0.1) is 5.69 Å². The molecule has 0 saturated carbocycles. The van der Waals surface area contributed by atoms with Crippen molar-refractivity contribution in [1.29, 1.82) is 0 Å². The van der Waals surface area contributed by atoms with Gasteiger partial charge in [0, 0.05) is 6.54 Å². The van der Waals surface area contributed by atoms with Gasteiger partial charge in [-0.05, 0) is 30.8 Å². The highest BCUT2D eigenvalue weighted by molar-refractivity contribution is 7.90. The first-order valence-electron chi connectivity index (χ1n) is 5.56. The van der Waals surface area contributed by atoms with Gasteiger partial charge in [0.2, 0.25) is 0 Å². The van der Waals surface area contributed by atoms with E-state index >= 15 is 0 Å². The molecule has 0 aliphatic heterocycles. The van der Waals surface area contributed by atoms with Crippen molar-refractivity contribution in [1.82, 2.24) is 4.90 Å². The monoisotopic (exact) mass is 257 g/mol. The lowest BCUT2D eigenvalue weighted by atomic mass is 10.2. The third kappa shape index (κ3) is 5.16. The lowest BCUT2D eigenvalue weighted by molar-refractivity contribution is 0.296. The molecular weight excluding hydrogens is 238 g/mol. The molecule has 0 fully saturated rings. The summed E-state index contributed by atoms with van der Waals surface area (Å²) in [6, 6.07) is 7.25. The Kier molecular flexibility index (Phi) is 4.92. The molecular formula is C11H19N3O2S. The van der Waals surface area contributed by atoms with Crippen molar-refractivity contribution in [3.8, 4) is 0 Å². The fraction of sp³-hybridized carbons (Fsp3) is 0.455. The summed E-state index contributed by atoms with van der Waals surface area (Å²) in [5.74, 6) is 0. The minimum Gasteiger partial charge on any atom is -0.300 e. The van der Waals surface area contributed by atoms with Crippen LogP contribution in [0, 0.1) is 0 Å². The Morgan fingerprint density at radius 3 is 2.47 bits per heavy atom. The van der Waals surface area contributed by atoms with Crippen molar-refractivity contribution in [3.63, 3.8) is 0 Å². The summed E-state index contributed by atoms with van der Waals surface area (Å²) in [5, 5.41) is 4.92. The first-order chi connectivity index (χ1) is 7.94. The molecule has 0 heterocycles. The van der Waals surface area contributed by atoms with Crippen LogP contribution in [0.15, 0.2) is 24.3 Å². The molecule has 0 aromatic heterocycles. The van der Waals surface area contributed by atoms with E-state index in [1.54, 1.807) is 12.1 Å². The van der Waals surface area contributed by atoms with E-state index in [4.69, 9.17) is 5.14 Å². The molecule has 0 saturated heterocycles. The van der Waals surface area contributed by atoms with E-state index in [0.29, 0.717) is 5.69 Å². The third-order valence-corrected chi connectivity index (χ3v) is 3.01. The number of nitrogens with two attached hydrogens (primary N) is 1. The fourth-order valence-electron chi connectivity index (χ4n) is 1.60. The minimum absolute atomic E-state index is 0.497. The van der Waals surface area contributed by atoms with E-state index in [1.807, 2.05) is 12.1 Å². The van der Waals surface area contributed by atoms with E-state index < -0.39 is 10.2 Å². The quantitative estimate of drug-likeness (QED) is 0.802. The van der Waals surface area contributed by atoms with Crippen molar-refractivity contribution in [2.75, 3.05) is 17.8 Å². The minimum atomic E-state index is -3.70. The molecule has 1 rings (SSSR count).